The fraction of sp³-hybridized carbons (Fsp3) is 0.364. The van der Waals surface area contributed by atoms with Crippen LogP contribution in [0.1, 0.15) is 5.56 Å². The van der Waals surface area contributed by atoms with Gasteiger partial charge in [-0.05, 0) is 38.2 Å². The second-order valence-electron chi connectivity index (χ2n) is 4.18. The molecule has 0 aliphatic heterocycles. The Morgan fingerprint density at radius 2 is 2.00 bits per heavy atom. The SMILES string of the molecule is CN(C)P(=O)(F)Oc1ccc(C[C@H](N)C(=O)O)cc1. The molecule has 8 heteroatoms. The number of rotatable bonds is 6. The average Bonchev–Trinajstić information content (AvgIpc) is 2.30. The van der Waals surface area contributed by atoms with E-state index in [1.54, 1.807) is 12.1 Å². The molecule has 19 heavy (non-hydrogen) atoms. The van der Waals surface area contributed by atoms with Crippen LogP contribution in [0.25, 0.3) is 0 Å². The highest BCUT2D eigenvalue weighted by molar-refractivity contribution is 7.51. The van der Waals surface area contributed by atoms with Crippen LogP contribution in [0.15, 0.2) is 24.3 Å². The predicted molar refractivity (Wildman–Crippen MR) is 68.8 cm³/mol. The number of halogens is 1. The van der Waals surface area contributed by atoms with Gasteiger partial charge in [0.2, 0.25) is 0 Å². The van der Waals surface area contributed by atoms with E-state index < -0.39 is 19.8 Å². The Balaban J connectivity index is 2.72. The molecule has 0 bridgehead atoms. The van der Waals surface area contributed by atoms with Gasteiger partial charge in [-0.1, -0.05) is 12.1 Å². The second kappa shape index (κ2) is 6.14. The van der Waals surface area contributed by atoms with Crippen molar-refractivity contribution in [3.8, 4) is 5.75 Å². The standard InChI is InChI=1S/C11H16FN2O4P/c1-14(2)19(12,17)18-9-5-3-8(4-6-9)7-10(13)11(15)16/h3-6,10H,7,13H2,1-2H3,(H,15,16)/t10-,19?/m0/s1. The fourth-order valence-corrected chi connectivity index (χ4v) is 1.78. The van der Waals surface area contributed by atoms with Crippen molar-refractivity contribution in [1.82, 2.24) is 4.67 Å². The van der Waals surface area contributed by atoms with Gasteiger partial charge in [0.1, 0.15) is 11.8 Å². The highest BCUT2D eigenvalue weighted by atomic mass is 31.2. The first-order chi connectivity index (χ1) is 8.72. The van der Waals surface area contributed by atoms with E-state index in [1.807, 2.05) is 0 Å². The first kappa shape index (κ1) is 15.6. The summed E-state index contributed by atoms with van der Waals surface area (Å²) in [6, 6.07) is 4.93. The molecule has 0 aliphatic rings. The minimum absolute atomic E-state index is 0.104. The van der Waals surface area contributed by atoms with Crippen LogP contribution in [0, 0.1) is 0 Å². The van der Waals surface area contributed by atoms with Gasteiger partial charge < -0.3 is 15.4 Å². The van der Waals surface area contributed by atoms with Crippen molar-refractivity contribution in [1.29, 1.82) is 0 Å². The molecule has 0 spiro atoms. The lowest BCUT2D eigenvalue weighted by molar-refractivity contribution is -0.138. The maximum absolute atomic E-state index is 13.5. The normalized spacial score (nSPS) is 15.8. The maximum atomic E-state index is 13.5. The number of carboxylic acid groups (broad SMARTS) is 1. The quantitative estimate of drug-likeness (QED) is 0.774. The lowest BCUT2D eigenvalue weighted by Gasteiger charge is -2.16. The first-order valence-electron chi connectivity index (χ1n) is 5.47. The molecule has 2 atom stereocenters. The maximum Gasteiger partial charge on any atom is 0.498 e. The summed E-state index contributed by atoms with van der Waals surface area (Å²) in [5.74, 6) is -0.992. The van der Waals surface area contributed by atoms with Crippen molar-refractivity contribution in [3.63, 3.8) is 0 Å². The van der Waals surface area contributed by atoms with Crippen molar-refractivity contribution in [2.24, 2.45) is 5.73 Å². The van der Waals surface area contributed by atoms with E-state index in [2.05, 4.69) is 0 Å². The third kappa shape index (κ3) is 4.63. The predicted octanol–water partition coefficient (Wildman–Crippen LogP) is 1.66. The van der Waals surface area contributed by atoms with E-state index >= 15 is 0 Å². The number of aliphatic carboxylic acids is 1. The van der Waals surface area contributed by atoms with Gasteiger partial charge in [0.05, 0.1) is 0 Å². The van der Waals surface area contributed by atoms with Crippen LogP contribution in [0.4, 0.5) is 4.20 Å². The lowest BCUT2D eigenvalue weighted by Crippen LogP contribution is -2.32. The summed E-state index contributed by atoms with van der Waals surface area (Å²) in [4.78, 5) is 10.6. The van der Waals surface area contributed by atoms with Gasteiger partial charge in [0.15, 0.2) is 0 Å². The summed E-state index contributed by atoms with van der Waals surface area (Å²) in [5, 5.41) is 8.67. The van der Waals surface area contributed by atoms with E-state index in [0.717, 1.165) is 4.67 Å². The van der Waals surface area contributed by atoms with Gasteiger partial charge in [-0.25, -0.2) is 9.24 Å². The van der Waals surface area contributed by atoms with Crippen LogP contribution in [-0.2, 0) is 15.8 Å². The molecule has 106 valence electrons. The largest absolute Gasteiger partial charge is 0.498 e. The van der Waals surface area contributed by atoms with Gasteiger partial charge in [-0.15, -0.1) is 4.20 Å². The zero-order valence-corrected chi connectivity index (χ0v) is 11.5. The first-order valence-corrected chi connectivity index (χ1v) is 6.93. The molecule has 3 N–H and O–H groups in total. The van der Waals surface area contributed by atoms with Crippen LogP contribution in [0.5, 0.6) is 5.75 Å². The summed E-state index contributed by atoms with van der Waals surface area (Å²) < 4.78 is 30.5. The van der Waals surface area contributed by atoms with Crippen LogP contribution < -0.4 is 10.3 Å². The molecule has 0 aromatic heterocycles. The van der Waals surface area contributed by atoms with E-state index in [1.165, 1.54) is 26.2 Å². The summed E-state index contributed by atoms with van der Waals surface area (Å²) in [6.45, 7) is 0. The van der Waals surface area contributed by atoms with Gasteiger partial charge in [0, 0.05) is 0 Å². The van der Waals surface area contributed by atoms with Crippen molar-refractivity contribution in [2.45, 2.75) is 12.5 Å². The third-order valence-electron chi connectivity index (χ3n) is 2.39. The van der Waals surface area contributed by atoms with Crippen LogP contribution in [-0.4, -0.2) is 35.9 Å². The molecular weight excluding hydrogens is 274 g/mol. The van der Waals surface area contributed by atoms with Gasteiger partial charge in [-0.2, -0.15) is 0 Å². The lowest BCUT2D eigenvalue weighted by atomic mass is 10.1. The summed E-state index contributed by atoms with van der Waals surface area (Å²) in [7, 11) is -1.72. The molecule has 1 aromatic rings. The van der Waals surface area contributed by atoms with E-state index in [4.69, 9.17) is 15.4 Å². The highest BCUT2D eigenvalue weighted by Gasteiger charge is 2.27. The molecule has 0 heterocycles. The smallest absolute Gasteiger partial charge is 0.480 e. The Hall–Kier alpha value is -1.43. The summed E-state index contributed by atoms with van der Waals surface area (Å²) >= 11 is 0. The molecule has 0 amide bonds. The number of nitrogens with two attached hydrogens (primary N) is 1. The van der Waals surface area contributed by atoms with E-state index in [-0.39, 0.29) is 12.2 Å². The van der Waals surface area contributed by atoms with Gasteiger partial charge in [0.25, 0.3) is 0 Å². The minimum Gasteiger partial charge on any atom is -0.480 e. The van der Waals surface area contributed by atoms with Crippen molar-refractivity contribution < 1.29 is 23.2 Å². The topological polar surface area (TPSA) is 92.9 Å². The van der Waals surface area contributed by atoms with Crippen molar-refractivity contribution in [2.75, 3.05) is 14.1 Å². The van der Waals surface area contributed by atoms with E-state index in [9.17, 15) is 13.6 Å². The number of carbonyl (C=O) groups is 1. The van der Waals surface area contributed by atoms with Crippen molar-refractivity contribution in [3.05, 3.63) is 29.8 Å². The Bertz CT molecular complexity index is 492. The highest BCUT2D eigenvalue weighted by Crippen LogP contribution is 2.50. The Labute approximate surface area is 110 Å². The summed E-state index contributed by atoms with van der Waals surface area (Å²) in [6.07, 6.45) is 0.149. The summed E-state index contributed by atoms with van der Waals surface area (Å²) in [5.41, 5.74) is 6.05. The zero-order valence-electron chi connectivity index (χ0n) is 10.6. The Morgan fingerprint density at radius 1 is 1.47 bits per heavy atom. The fourth-order valence-electron chi connectivity index (χ4n) is 1.24. The molecule has 0 saturated heterocycles. The number of nitrogens with zero attached hydrogens (tertiary/aromatic N) is 1. The monoisotopic (exact) mass is 290 g/mol. The molecular formula is C11H16FN2O4P. The van der Waals surface area contributed by atoms with Crippen LogP contribution in [0.2, 0.25) is 0 Å². The number of hydrogen-bond acceptors (Lipinski definition) is 4. The van der Waals surface area contributed by atoms with E-state index in [0.29, 0.717) is 5.56 Å². The molecule has 1 aromatic carbocycles. The molecule has 1 unspecified atom stereocenters. The molecule has 0 saturated carbocycles. The zero-order chi connectivity index (χ0) is 14.6. The number of hydrogen-bond donors (Lipinski definition) is 2. The molecule has 0 aliphatic carbocycles. The average molecular weight is 290 g/mol. The molecule has 0 fully saturated rings. The van der Waals surface area contributed by atoms with Gasteiger partial charge in [-0.3, -0.25) is 4.79 Å². The van der Waals surface area contributed by atoms with Crippen LogP contribution in [0.3, 0.4) is 0 Å². The molecule has 6 nitrogen and oxygen atoms in total. The Morgan fingerprint density at radius 3 is 2.42 bits per heavy atom. The molecule has 1 rings (SSSR count). The second-order valence-corrected chi connectivity index (χ2v) is 6.07. The van der Waals surface area contributed by atoms with Gasteiger partial charge >= 0.3 is 13.8 Å². The Kier molecular flexibility index (Phi) is 5.05. The third-order valence-corrected chi connectivity index (χ3v) is 3.78. The number of benzene rings is 1. The minimum atomic E-state index is -4.33. The number of carboxylic acids is 1. The molecule has 0 radical (unpaired) electrons. The van der Waals surface area contributed by atoms with Crippen molar-refractivity contribution >= 4 is 13.8 Å². The van der Waals surface area contributed by atoms with Crippen LogP contribution >= 0.6 is 7.83 Å².